The zero-order chi connectivity index (χ0) is 14.4. The first-order valence-corrected chi connectivity index (χ1v) is 8.38. The van der Waals surface area contributed by atoms with Gasteiger partial charge in [0.25, 0.3) is 0 Å². The summed E-state index contributed by atoms with van der Waals surface area (Å²) >= 11 is 0. The van der Waals surface area contributed by atoms with E-state index < -0.39 is 0 Å². The molecule has 2 fully saturated rings. The molecule has 0 aromatic heterocycles. The van der Waals surface area contributed by atoms with Crippen molar-refractivity contribution in [3.8, 4) is 0 Å². The van der Waals surface area contributed by atoms with Crippen LogP contribution in [0.2, 0.25) is 0 Å². The van der Waals surface area contributed by atoms with Gasteiger partial charge in [0.1, 0.15) is 0 Å². The molecule has 0 spiro atoms. The van der Waals surface area contributed by atoms with Crippen molar-refractivity contribution in [3.05, 3.63) is 0 Å². The topological polar surface area (TPSA) is 35.9 Å². The number of aliphatic hydroxyl groups excluding tert-OH is 1. The molecule has 2 unspecified atom stereocenters. The van der Waals surface area contributed by atoms with Crippen LogP contribution in [0.25, 0.3) is 0 Å². The molecule has 2 aliphatic heterocycles. The number of aliphatic hydroxyl groups is 1. The van der Waals surface area contributed by atoms with Gasteiger partial charge in [-0.05, 0) is 25.3 Å². The monoisotopic (exact) mass is 284 g/mol. The van der Waals surface area contributed by atoms with E-state index in [4.69, 9.17) is 4.74 Å². The lowest BCUT2D eigenvalue weighted by Crippen LogP contribution is -2.50. The number of hydrogen-bond acceptors (Lipinski definition) is 4. The van der Waals surface area contributed by atoms with Gasteiger partial charge in [-0.2, -0.15) is 0 Å². The lowest BCUT2D eigenvalue weighted by atomic mass is 10.1. The Balaban J connectivity index is 1.83. The summed E-state index contributed by atoms with van der Waals surface area (Å²) in [7, 11) is 0. The number of rotatable bonds is 5. The van der Waals surface area contributed by atoms with Gasteiger partial charge in [-0.1, -0.05) is 26.7 Å². The molecule has 2 rings (SSSR count). The molecule has 0 radical (unpaired) electrons. The Kier molecular flexibility index (Phi) is 6.75. The van der Waals surface area contributed by atoms with Crippen molar-refractivity contribution in [2.45, 2.75) is 51.7 Å². The molecular formula is C16H32N2O2. The molecule has 1 N–H and O–H groups in total. The smallest absolute Gasteiger partial charge is 0.0829 e. The molecule has 118 valence electrons. The third-order valence-electron chi connectivity index (χ3n) is 4.49. The number of ether oxygens (including phenoxy) is 1. The second kappa shape index (κ2) is 8.32. The van der Waals surface area contributed by atoms with Gasteiger partial charge in [-0.25, -0.2) is 0 Å². The van der Waals surface area contributed by atoms with Crippen LogP contribution in [0.5, 0.6) is 0 Å². The zero-order valence-corrected chi connectivity index (χ0v) is 13.3. The molecule has 0 aromatic carbocycles. The van der Waals surface area contributed by atoms with Crippen molar-refractivity contribution in [1.29, 1.82) is 0 Å². The molecule has 0 aromatic rings. The van der Waals surface area contributed by atoms with Gasteiger partial charge in [0, 0.05) is 32.2 Å². The average Bonchev–Trinajstić information content (AvgIpc) is 2.63. The van der Waals surface area contributed by atoms with E-state index in [0.29, 0.717) is 18.8 Å². The second-order valence-electron chi connectivity index (χ2n) is 6.83. The summed E-state index contributed by atoms with van der Waals surface area (Å²) in [5, 5.41) is 9.59. The first kappa shape index (κ1) is 16.2. The number of hydrogen-bond donors (Lipinski definition) is 1. The molecule has 20 heavy (non-hydrogen) atoms. The van der Waals surface area contributed by atoms with Gasteiger partial charge in [0.05, 0.1) is 19.3 Å². The molecule has 2 saturated heterocycles. The van der Waals surface area contributed by atoms with Crippen LogP contribution in [-0.2, 0) is 4.74 Å². The lowest BCUT2D eigenvalue weighted by Gasteiger charge is -2.38. The maximum absolute atomic E-state index is 9.59. The molecular weight excluding hydrogens is 252 g/mol. The summed E-state index contributed by atoms with van der Waals surface area (Å²) in [6.07, 6.45) is 5.28. The molecule has 0 bridgehead atoms. The molecule has 2 aliphatic rings. The number of nitrogens with zero attached hydrogens (tertiary/aromatic N) is 2. The number of morpholine rings is 1. The van der Waals surface area contributed by atoms with Crippen LogP contribution in [0.3, 0.4) is 0 Å². The molecule has 2 atom stereocenters. The van der Waals surface area contributed by atoms with E-state index in [-0.39, 0.29) is 0 Å². The van der Waals surface area contributed by atoms with Crippen LogP contribution in [0, 0.1) is 5.92 Å². The summed E-state index contributed by atoms with van der Waals surface area (Å²) < 4.78 is 5.96. The lowest BCUT2D eigenvalue weighted by molar-refractivity contribution is -0.0535. The molecule has 2 heterocycles. The molecule has 0 amide bonds. The summed E-state index contributed by atoms with van der Waals surface area (Å²) in [5.41, 5.74) is 0. The van der Waals surface area contributed by atoms with Gasteiger partial charge >= 0.3 is 0 Å². The summed E-state index contributed by atoms with van der Waals surface area (Å²) in [4.78, 5) is 5.00. The van der Waals surface area contributed by atoms with Crippen LogP contribution in [0.4, 0.5) is 0 Å². The Morgan fingerprint density at radius 1 is 1.20 bits per heavy atom. The van der Waals surface area contributed by atoms with Gasteiger partial charge in [-0.15, -0.1) is 0 Å². The fraction of sp³-hybridized carbons (Fsp3) is 1.00. The molecule has 4 nitrogen and oxygen atoms in total. The Hall–Kier alpha value is -0.160. The van der Waals surface area contributed by atoms with Gasteiger partial charge in [0.2, 0.25) is 0 Å². The predicted octanol–water partition coefficient (Wildman–Crippen LogP) is 1.58. The van der Waals surface area contributed by atoms with Gasteiger partial charge in [-0.3, -0.25) is 9.80 Å². The molecule has 0 saturated carbocycles. The van der Waals surface area contributed by atoms with Crippen LogP contribution in [0.1, 0.15) is 39.5 Å². The van der Waals surface area contributed by atoms with E-state index in [1.807, 2.05) is 0 Å². The Labute approximate surface area is 124 Å². The van der Waals surface area contributed by atoms with Gasteiger partial charge < -0.3 is 9.84 Å². The van der Waals surface area contributed by atoms with E-state index in [1.54, 1.807) is 0 Å². The summed E-state index contributed by atoms with van der Waals surface area (Å²) in [6.45, 7) is 11.1. The first-order valence-electron chi connectivity index (χ1n) is 8.38. The maximum atomic E-state index is 9.59. The minimum Gasteiger partial charge on any atom is -0.395 e. The van der Waals surface area contributed by atoms with E-state index in [0.717, 1.165) is 45.1 Å². The van der Waals surface area contributed by atoms with E-state index >= 15 is 0 Å². The highest BCUT2D eigenvalue weighted by Gasteiger charge is 2.27. The maximum Gasteiger partial charge on any atom is 0.0829 e. The van der Waals surface area contributed by atoms with E-state index in [9.17, 15) is 5.11 Å². The zero-order valence-electron chi connectivity index (χ0n) is 13.3. The van der Waals surface area contributed by atoms with Crippen LogP contribution >= 0.6 is 0 Å². The minimum absolute atomic E-state index is 0.294. The van der Waals surface area contributed by atoms with Crippen molar-refractivity contribution in [3.63, 3.8) is 0 Å². The van der Waals surface area contributed by atoms with Crippen LogP contribution in [-0.4, -0.2) is 73.0 Å². The fourth-order valence-electron chi connectivity index (χ4n) is 3.52. The Morgan fingerprint density at radius 3 is 2.80 bits per heavy atom. The highest BCUT2D eigenvalue weighted by Crippen LogP contribution is 2.18. The third-order valence-corrected chi connectivity index (χ3v) is 4.49. The second-order valence-corrected chi connectivity index (χ2v) is 6.83. The minimum atomic E-state index is 0.294. The largest absolute Gasteiger partial charge is 0.395 e. The highest BCUT2D eigenvalue weighted by molar-refractivity contribution is 4.81. The van der Waals surface area contributed by atoms with E-state index in [2.05, 4.69) is 23.6 Å². The van der Waals surface area contributed by atoms with Crippen molar-refractivity contribution >= 4 is 0 Å². The quantitative estimate of drug-likeness (QED) is 0.831. The van der Waals surface area contributed by atoms with E-state index in [1.165, 1.54) is 25.8 Å². The van der Waals surface area contributed by atoms with Crippen molar-refractivity contribution in [2.75, 3.05) is 45.9 Å². The van der Waals surface area contributed by atoms with Crippen molar-refractivity contribution < 1.29 is 9.84 Å². The number of likely N-dealkylation sites (tertiary alicyclic amines) is 1. The fourth-order valence-corrected chi connectivity index (χ4v) is 3.52. The van der Waals surface area contributed by atoms with Gasteiger partial charge in [0.15, 0.2) is 0 Å². The van der Waals surface area contributed by atoms with Crippen molar-refractivity contribution in [1.82, 2.24) is 9.80 Å². The Morgan fingerprint density at radius 2 is 2.05 bits per heavy atom. The third kappa shape index (κ3) is 4.99. The predicted molar refractivity (Wildman–Crippen MR) is 81.9 cm³/mol. The Bertz CT molecular complexity index is 273. The molecule has 0 aliphatic carbocycles. The summed E-state index contributed by atoms with van der Waals surface area (Å²) in [6, 6.07) is 0.349. The average molecular weight is 284 g/mol. The SMILES string of the molecule is CC(C)CN1CCOC(CN2CCCCCC2CO)C1. The first-order chi connectivity index (χ1) is 9.69. The standard InChI is InChI=1S/C16H32N2O2/c1-14(2)10-17-8-9-20-16(11-17)12-18-7-5-3-4-6-15(18)13-19/h14-16,19H,3-13H2,1-2H3. The molecule has 4 heteroatoms. The summed E-state index contributed by atoms with van der Waals surface area (Å²) in [5.74, 6) is 0.720. The normalized spacial score (nSPS) is 30.6. The van der Waals surface area contributed by atoms with Crippen molar-refractivity contribution in [2.24, 2.45) is 5.92 Å². The highest BCUT2D eigenvalue weighted by atomic mass is 16.5. The van der Waals surface area contributed by atoms with Crippen LogP contribution in [0.15, 0.2) is 0 Å². The van der Waals surface area contributed by atoms with Crippen LogP contribution < -0.4 is 0 Å².